The van der Waals surface area contributed by atoms with E-state index in [1.807, 2.05) is 0 Å². The SMILES string of the molecule is CCOC(=O)c1ccc(NC(=O)c2cnc(Nc3ccc(F)cc3F)nc2)cc1. The molecule has 0 unspecified atom stereocenters. The number of aromatic nitrogens is 2. The molecule has 0 saturated carbocycles. The summed E-state index contributed by atoms with van der Waals surface area (Å²) < 4.78 is 31.5. The predicted molar refractivity (Wildman–Crippen MR) is 102 cm³/mol. The molecule has 1 aromatic heterocycles. The second kappa shape index (κ2) is 8.87. The fraction of sp³-hybridized carbons (Fsp3) is 0.100. The van der Waals surface area contributed by atoms with Crippen molar-refractivity contribution in [3.63, 3.8) is 0 Å². The number of carbonyl (C=O) groups is 2. The van der Waals surface area contributed by atoms with Gasteiger partial charge in [0.25, 0.3) is 5.91 Å². The van der Waals surface area contributed by atoms with Gasteiger partial charge in [-0.25, -0.2) is 23.5 Å². The number of hydrogen-bond acceptors (Lipinski definition) is 6. The molecule has 0 saturated heterocycles. The molecule has 1 heterocycles. The molecule has 9 heteroatoms. The van der Waals surface area contributed by atoms with E-state index in [4.69, 9.17) is 4.74 Å². The Kier molecular flexibility index (Phi) is 6.08. The average Bonchev–Trinajstić information content (AvgIpc) is 2.71. The first kappa shape index (κ1) is 19.9. The van der Waals surface area contributed by atoms with Crippen LogP contribution in [0.15, 0.2) is 54.9 Å². The molecule has 0 aliphatic carbocycles. The van der Waals surface area contributed by atoms with Gasteiger partial charge in [-0.3, -0.25) is 4.79 Å². The Morgan fingerprint density at radius 3 is 2.31 bits per heavy atom. The maximum absolute atomic E-state index is 13.7. The van der Waals surface area contributed by atoms with Crippen LogP contribution in [0.25, 0.3) is 0 Å². The van der Waals surface area contributed by atoms with Gasteiger partial charge in [0, 0.05) is 24.1 Å². The number of halogens is 2. The molecule has 2 aromatic carbocycles. The van der Waals surface area contributed by atoms with Gasteiger partial charge in [0.15, 0.2) is 0 Å². The molecule has 0 spiro atoms. The highest BCUT2D eigenvalue weighted by Crippen LogP contribution is 2.18. The molecule has 0 fully saturated rings. The summed E-state index contributed by atoms with van der Waals surface area (Å²) in [5, 5.41) is 5.25. The number of carbonyl (C=O) groups excluding carboxylic acids is 2. The smallest absolute Gasteiger partial charge is 0.338 e. The van der Waals surface area contributed by atoms with Crippen molar-refractivity contribution in [3.8, 4) is 0 Å². The van der Waals surface area contributed by atoms with Gasteiger partial charge in [-0.1, -0.05) is 0 Å². The second-order valence-electron chi connectivity index (χ2n) is 5.80. The first-order chi connectivity index (χ1) is 14.0. The van der Waals surface area contributed by atoms with Gasteiger partial charge in [0.05, 0.1) is 23.4 Å². The normalized spacial score (nSPS) is 10.3. The van der Waals surface area contributed by atoms with E-state index in [0.29, 0.717) is 11.3 Å². The van der Waals surface area contributed by atoms with Crippen LogP contribution in [-0.2, 0) is 4.74 Å². The number of hydrogen-bond donors (Lipinski definition) is 2. The molecule has 7 nitrogen and oxygen atoms in total. The van der Waals surface area contributed by atoms with Crippen molar-refractivity contribution in [1.29, 1.82) is 0 Å². The first-order valence-electron chi connectivity index (χ1n) is 8.59. The van der Waals surface area contributed by atoms with E-state index in [0.717, 1.165) is 12.1 Å². The second-order valence-corrected chi connectivity index (χ2v) is 5.80. The number of nitrogens with one attached hydrogen (secondary N) is 2. The van der Waals surface area contributed by atoms with E-state index in [1.54, 1.807) is 19.1 Å². The number of rotatable bonds is 6. The minimum absolute atomic E-state index is 0.00490. The van der Waals surface area contributed by atoms with Gasteiger partial charge < -0.3 is 15.4 Å². The van der Waals surface area contributed by atoms with Gasteiger partial charge >= 0.3 is 5.97 Å². The molecule has 0 aliphatic rings. The van der Waals surface area contributed by atoms with Crippen molar-refractivity contribution >= 4 is 29.2 Å². The van der Waals surface area contributed by atoms with Crippen LogP contribution in [0, 0.1) is 11.6 Å². The largest absolute Gasteiger partial charge is 0.462 e. The third kappa shape index (κ3) is 5.10. The molecule has 0 bridgehead atoms. The molecular weight excluding hydrogens is 382 g/mol. The van der Waals surface area contributed by atoms with Crippen LogP contribution in [0.3, 0.4) is 0 Å². The Balaban J connectivity index is 1.63. The lowest BCUT2D eigenvalue weighted by molar-refractivity contribution is 0.0526. The summed E-state index contributed by atoms with van der Waals surface area (Å²) in [5.74, 6) is -2.35. The van der Waals surface area contributed by atoms with Crippen LogP contribution in [0.4, 0.5) is 26.1 Å². The monoisotopic (exact) mass is 398 g/mol. The van der Waals surface area contributed by atoms with Crippen LogP contribution in [-0.4, -0.2) is 28.5 Å². The molecule has 3 aromatic rings. The lowest BCUT2D eigenvalue weighted by Gasteiger charge is -2.08. The van der Waals surface area contributed by atoms with Crippen molar-refractivity contribution in [3.05, 3.63) is 77.6 Å². The molecule has 2 N–H and O–H groups in total. The van der Waals surface area contributed by atoms with Crippen LogP contribution >= 0.6 is 0 Å². The molecule has 0 aliphatic heterocycles. The highest BCUT2D eigenvalue weighted by molar-refractivity contribution is 6.04. The molecule has 0 atom stereocenters. The number of esters is 1. The minimum atomic E-state index is -0.790. The maximum Gasteiger partial charge on any atom is 0.338 e. The number of nitrogens with zero attached hydrogens (tertiary/aromatic N) is 2. The first-order valence-corrected chi connectivity index (χ1v) is 8.59. The summed E-state index contributed by atoms with van der Waals surface area (Å²) >= 11 is 0. The lowest BCUT2D eigenvalue weighted by atomic mass is 10.2. The van der Waals surface area contributed by atoms with Gasteiger partial charge in [0.2, 0.25) is 5.95 Å². The summed E-state index contributed by atoms with van der Waals surface area (Å²) in [6.45, 7) is 1.99. The van der Waals surface area contributed by atoms with Gasteiger partial charge in [0.1, 0.15) is 11.6 Å². The third-order valence-corrected chi connectivity index (χ3v) is 3.75. The van der Waals surface area contributed by atoms with Crippen molar-refractivity contribution in [2.24, 2.45) is 0 Å². The Labute approximate surface area is 164 Å². The Hall–Kier alpha value is -3.88. The highest BCUT2D eigenvalue weighted by Gasteiger charge is 2.11. The molecule has 0 radical (unpaired) electrons. The van der Waals surface area contributed by atoms with Crippen LogP contribution in [0.1, 0.15) is 27.6 Å². The average molecular weight is 398 g/mol. The van der Waals surface area contributed by atoms with Crippen molar-refractivity contribution in [1.82, 2.24) is 9.97 Å². The number of amides is 1. The summed E-state index contributed by atoms with van der Waals surface area (Å²) in [5.41, 5.74) is 1.02. The Morgan fingerprint density at radius 1 is 1.00 bits per heavy atom. The Morgan fingerprint density at radius 2 is 1.69 bits per heavy atom. The Bertz CT molecular complexity index is 1020. The lowest BCUT2D eigenvalue weighted by Crippen LogP contribution is -2.13. The molecule has 3 rings (SSSR count). The van der Waals surface area contributed by atoms with E-state index in [-0.39, 0.29) is 23.8 Å². The number of anilines is 3. The fourth-order valence-electron chi connectivity index (χ4n) is 2.33. The van der Waals surface area contributed by atoms with Crippen molar-refractivity contribution in [2.75, 3.05) is 17.2 Å². The van der Waals surface area contributed by atoms with Crippen LogP contribution < -0.4 is 10.6 Å². The summed E-state index contributed by atoms with van der Waals surface area (Å²) in [6.07, 6.45) is 2.53. The summed E-state index contributed by atoms with van der Waals surface area (Å²) in [6, 6.07) is 9.26. The quantitative estimate of drug-likeness (QED) is 0.611. The number of benzene rings is 2. The van der Waals surface area contributed by atoms with Gasteiger partial charge in [-0.15, -0.1) is 0 Å². The maximum atomic E-state index is 13.7. The standard InChI is InChI=1S/C20H16F2N4O3/c1-2-29-19(28)12-3-6-15(7-4-12)25-18(27)13-10-23-20(24-11-13)26-17-8-5-14(21)9-16(17)22/h3-11H,2H2,1H3,(H,25,27)(H,23,24,26). The van der Waals surface area contributed by atoms with E-state index in [1.165, 1.54) is 30.6 Å². The number of ether oxygens (including phenoxy) is 1. The zero-order valence-electron chi connectivity index (χ0n) is 15.3. The highest BCUT2D eigenvalue weighted by atomic mass is 19.1. The van der Waals surface area contributed by atoms with Crippen LogP contribution in [0.5, 0.6) is 0 Å². The molecule has 1 amide bonds. The van der Waals surface area contributed by atoms with Crippen molar-refractivity contribution < 1.29 is 23.1 Å². The topological polar surface area (TPSA) is 93.2 Å². The fourth-order valence-corrected chi connectivity index (χ4v) is 2.33. The van der Waals surface area contributed by atoms with E-state index < -0.39 is 23.5 Å². The van der Waals surface area contributed by atoms with E-state index in [9.17, 15) is 18.4 Å². The zero-order valence-corrected chi connectivity index (χ0v) is 15.3. The van der Waals surface area contributed by atoms with Crippen molar-refractivity contribution in [2.45, 2.75) is 6.92 Å². The van der Waals surface area contributed by atoms with E-state index >= 15 is 0 Å². The third-order valence-electron chi connectivity index (χ3n) is 3.75. The minimum Gasteiger partial charge on any atom is -0.462 e. The predicted octanol–water partition coefficient (Wildman–Crippen LogP) is 3.93. The molecule has 29 heavy (non-hydrogen) atoms. The molecular formula is C20H16F2N4O3. The van der Waals surface area contributed by atoms with E-state index in [2.05, 4.69) is 20.6 Å². The molecule has 148 valence electrons. The summed E-state index contributed by atoms with van der Waals surface area (Å²) in [7, 11) is 0. The van der Waals surface area contributed by atoms with Gasteiger partial charge in [-0.2, -0.15) is 0 Å². The zero-order chi connectivity index (χ0) is 20.8. The van der Waals surface area contributed by atoms with Gasteiger partial charge in [-0.05, 0) is 43.3 Å². The summed E-state index contributed by atoms with van der Waals surface area (Å²) in [4.78, 5) is 31.8. The van der Waals surface area contributed by atoms with Crippen LogP contribution in [0.2, 0.25) is 0 Å².